The maximum atomic E-state index is 12.0. The van der Waals surface area contributed by atoms with Gasteiger partial charge in [-0.25, -0.2) is 0 Å². The number of para-hydroxylation sites is 1. The molecule has 1 heterocycles. The maximum Gasteiger partial charge on any atom is 0.253 e. The molecule has 0 fully saturated rings. The normalized spacial score (nSPS) is 12.3. The third-order valence-electron chi connectivity index (χ3n) is 2.77. The molecule has 0 spiro atoms. The van der Waals surface area contributed by atoms with Gasteiger partial charge in [0.2, 0.25) is 0 Å². The van der Waals surface area contributed by atoms with Gasteiger partial charge in [0.1, 0.15) is 0 Å². The molecule has 1 atom stereocenters. The van der Waals surface area contributed by atoms with E-state index in [2.05, 4.69) is 10.3 Å². The lowest BCUT2D eigenvalue weighted by Crippen LogP contribution is -2.32. The standard InChI is InChI=1S/C14H15ClN2O/c1-10(6-7-15)17-14(18)12-8-11-4-2-3-5-13(11)16-9-12/h2-5,8-10H,6-7H2,1H3,(H,17,18). The highest BCUT2D eigenvalue weighted by atomic mass is 35.5. The Morgan fingerprint density at radius 3 is 3.00 bits per heavy atom. The SMILES string of the molecule is CC(CCCl)NC(=O)c1cnc2ccccc2c1. The molecule has 1 aromatic heterocycles. The summed E-state index contributed by atoms with van der Waals surface area (Å²) in [6.45, 7) is 1.94. The van der Waals surface area contributed by atoms with Gasteiger partial charge in [0.15, 0.2) is 0 Å². The van der Waals surface area contributed by atoms with E-state index >= 15 is 0 Å². The number of nitrogens with zero attached hydrogens (tertiary/aromatic N) is 1. The number of hydrogen-bond acceptors (Lipinski definition) is 2. The Morgan fingerprint density at radius 2 is 2.22 bits per heavy atom. The summed E-state index contributed by atoms with van der Waals surface area (Å²) in [7, 11) is 0. The zero-order valence-electron chi connectivity index (χ0n) is 10.2. The number of benzene rings is 1. The number of halogens is 1. The summed E-state index contributed by atoms with van der Waals surface area (Å²) in [5.74, 6) is 0.433. The highest BCUT2D eigenvalue weighted by Gasteiger charge is 2.10. The number of hydrogen-bond donors (Lipinski definition) is 1. The summed E-state index contributed by atoms with van der Waals surface area (Å²) in [4.78, 5) is 16.2. The quantitative estimate of drug-likeness (QED) is 0.861. The van der Waals surface area contributed by atoms with Crippen LogP contribution in [0.15, 0.2) is 36.5 Å². The monoisotopic (exact) mass is 262 g/mol. The first-order valence-electron chi connectivity index (χ1n) is 5.92. The average Bonchev–Trinajstić information content (AvgIpc) is 2.38. The van der Waals surface area contributed by atoms with Crippen molar-refractivity contribution in [3.05, 3.63) is 42.1 Å². The first kappa shape index (κ1) is 12.8. The van der Waals surface area contributed by atoms with Gasteiger partial charge < -0.3 is 5.32 Å². The minimum atomic E-state index is -0.106. The fourth-order valence-corrected chi connectivity index (χ4v) is 2.07. The maximum absolute atomic E-state index is 12.0. The molecule has 1 unspecified atom stereocenters. The fourth-order valence-electron chi connectivity index (χ4n) is 1.74. The number of carbonyl (C=O) groups is 1. The van der Waals surface area contributed by atoms with E-state index in [1.165, 1.54) is 0 Å². The van der Waals surface area contributed by atoms with Gasteiger partial charge in [-0.3, -0.25) is 9.78 Å². The third kappa shape index (κ3) is 2.99. The predicted octanol–water partition coefficient (Wildman–Crippen LogP) is 2.98. The molecule has 1 N–H and O–H groups in total. The van der Waals surface area contributed by atoms with Gasteiger partial charge in [-0.05, 0) is 25.5 Å². The van der Waals surface area contributed by atoms with Crippen molar-refractivity contribution in [2.24, 2.45) is 0 Å². The van der Waals surface area contributed by atoms with Crippen LogP contribution in [0.2, 0.25) is 0 Å². The van der Waals surface area contributed by atoms with Crippen LogP contribution in [-0.2, 0) is 0 Å². The van der Waals surface area contributed by atoms with E-state index in [-0.39, 0.29) is 11.9 Å². The minimum Gasteiger partial charge on any atom is -0.349 e. The number of fused-ring (bicyclic) bond motifs is 1. The van der Waals surface area contributed by atoms with Gasteiger partial charge in [-0.2, -0.15) is 0 Å². The lowest BCUT2D eigenvalue weighted by atomic mass is 10.1. The van der Waals surface area contributed by atoms with Gasteiger partial charge in [0.05, 0.1) is 11.1 Å². The molecule has 1 aromatic carbocycles. The Labute approximate surface area is 111 Å². The number of rotatable bonds is 4. The molecule has 94 valence electrons. The molecule has 3 nitrogen and oxygen atoms in total. The summed E-state index contributed by atoms with van der Waals surface area (Å²) in [6, 6.07) is 9.65. The lowest BCUT2D eigenvalue weighted by Gasteiger charge is -2.12. The molecular weight excluding hydrogens is 248 g/mol. The number of alkyl halides is 1. The van der Waals surface area contributed by atoms with Crippen molar-refractivity contribution in [2.45, 2.75) is 19.4 Å². The van der Waals surface area contributed by atoms with E-state index in [9.17, 15) is 4.79 Å². The molecular formula is C14H15ClN2O. The average molecular weight is 263 g/mol. The molecule has 18 heavy (non-hydrogen) atoms. The van der Waals surface area contributed by atoms with Crippen molar-refractivity contribution < 1.29 is 4.79 Å². The van der Waals surface area contributed by atoms with E-state index in [4.69, 9.17) is 11.6 Å². The highest BCUT2D eigenvalue weighted by Crippen LogP contribution is 2.12. The summed E-state index contributed by atoms with van der Waals surface area (Å²) in [6.07, 6.45) is 2.36. The van der Waals surface area contributed by atoms with Crippen LogP contribution in [0.1, 0.15) is 23.7 Å². The molecule has 1 amide bonds. The Hall–Kier alpha value is -1.61. The second-order valence-electron chi connectivity index (χ2n) is 4.27. The largest absolute Gasteiger partial charge is 0.349 e. The summed E-state index contributed by atoms with van der Waals surface area (Å²) in [5.41, 5.74) is 1.47. The van der Waals surface area contributed by atoms with Gasteiger partial charge in [-0.15, -0.1) is 11.6 Å². The molecule has 2 rings (SSSR count). The van der Waals surface area contributed by atoms with Crippen LogP contribution in [0.5, 0.6) is 0 Å². The topological polar surface area (TPSA) is 42.0 Å². The Bertz CT molecular complexity index is 556. The van der Waals surface area contributed by atoms with E-state index in [0.717, 1.165) is 17.3 Å². The van der Waals surface area contributed by atoms with Gasteiger partial charge in [0.25, 0.3) is 5.91 Å². The van der Waals surface area contributed by atoms with Crippen LogP contribution in [0.3, 0.4) is 0 Å². The molecule has 4 heteroatoms. The molecule has 0 aliphatic rings. The van der Waals surface area contributed by atoms with E-state index < -0.39 is 0 Å². The first-order chi connectivity index (χ1) is 8.70. The Balaban J connectivity index is 2.17. The number of nitrogens with one attached hydrogen (secondary N) is 1. The van der Waals surface area contributed by atoms with Gasteiger partial charge >= 0.3 is 0 Å². The van der Waals surface area contributed by atoms with E-state index in [1.54, 1.807) is 6.20 Å². The summed E-state index contributed by atoms with van der Waals surface area (Å²) < 4.78 is 0. The molecule has 0 saturated carbocycles. The zero-order chi connectivity index (χ0) is 13.0. The van der Waals surface area contributed by atoms with Crippen molar-refractivity contribution >= 4 is 28.4 Å². The second kappa shape index (κ2) is 5.83. The smallest absolute Gasteiger partial charge is 0.253 e. The lowest BCUT2D eigenvalue weighted by molar-refractivity contribution is 0.0939. The number of amides is 1. The van der Waals surface area contributed by atoms with Crippen molar-refractivity contribution in [2.75, 3.05) is 5.88 Å². The second-order valence-corrected chi connectivity index (χ2v) is 4.65. The Morgan fingerprint density at radius 1 is 1.44 bits per heavy atom. The molecule has 2 aromatic rings. The number of aromatic nitrogens is 1. The number of carbonyl (C=O) groups excluding carboxylic acids is 1. The van der Waals surface area contributed by atoms with Crippen LogP contribution in [0.4, 0.5) is 0 Å². The van der Waals surface area contributed by atoms with Crippen LogP contribution < -0.4 is 5.32 Å². The van der Waals surface area contributed by atoms with Crippen LogP contribution in [-0.4, -0.2) is 22.8 Å². The first-order valence-corrected chi connectivity index (χ1v) is 6.46. The number of pyridine rings is 1. The van der Waals surface area contributed by atoms with Crippen molar-refractivity contribution in [3.63, 3.8) is 0 Å². The summed E-state index contributed by atoms with van der Waals surface area (Å²) >= 11 is 5.64. The minimum absolute atomic E-state index is 0.0708. The van der Waals surface area contributed by atoms with Crippen LogP contribution >= 0.6 is 11.6 Å². The molecule has 0 aliphatic heterocycles. The molecule has 0 saturated heterocycles. The highest BCUT2D eigenvalue weighted by molar-refractivity contribution is 6.17. The van der Waals surface area contributed by atoms with Crippen molar-refractivity contribution in [1.29, 1.82) is 0 Å². The van der Waals surface area contributed by atoms with E-state index in [1.807, 2.05) is 37.3 Å². The van der Waals surface area contributed by atoms with Crippen molar-refractivity contribution in [1.82, 2.24) is 10.3 Å². The molecule has 0 aliphatic carbocycles. The summed E-state index contributed by atoms with van der Waals surface area (Å²) in [5, 5.41) is 3.87. The third-order valence-corrected chi connectivity index (χ3v) is 2.99. The van der Waals surface area contributed by atoms with Crippen LogP contribution in [0, 0.1) is 0 Å². The molecule has 0 radical (unpaired) electrons. The van der Waals surface area contributed by atoms with Gasteiger partial charge in [-0.1, -0.05) is 18.2 Å². The van der Waals surface area contributed by atoms with E-state index in [0.29, 0.717) is 11.4 Å². The Kier molecular flexibility index (Phi) is 4.15. The fraction of sp³-hybridized carbons (Fsp3) is 0.286. The predicted molar refractivity (Wildman–Crippen MR) is 74.0 cm³/mol. The zero-order valence-corrected chi connectivity index (χ0v) is 10.9. The van der Waals surface area contributed by atoms with Crippen molar-refractivity contribution in [3.8, 4) is 0 Å². The van der Waals surface area contributed by atoms with Gasteiger partial charge in [0, 0.05) is 23.5 Å². The van der Waals surface area contributed by atoms with Crippen LogP contribution in [0.25, 0.3) is 10.9 Å². The molecule has 0 bridgehead atoms.